The van der Waals surface area contributed by atoms with Crippen molar-refractivity contribution in [1.29, 1.82) is 0 Å². The molecule has 0 aliphatic carbocycles. The van der Waals surface area contributed by atoms with E-state index in [0.29, 0.717) is 10.3 Å². The van der Waals surface area contributed by atoms with Crippen LogP contribution in [0.3, 0.4) is 0 Å². The van der Waals surface area contributed by atoms with Crippen LogP contribution in [-0.2, 0) is 6.18 Å². The first-order valence-corrected chi connectivity index (χ1v) is 8.83. The fraction of sp³-hybridized carbons (Fsp3) is 0.118. The van der Waals surface area contributed by atoms with E-state index < -0.39 is 11.7 Å². The van der Waals surface area contributed by atoms with E-state index in [9.17, 15) is 13.2 Å². The van der Waals surface area contributed by atoms with Gasteiger partial charge in [-0.1, -0.05) is 0 Å². The molecule has 3 rings (SSSR count). The minimum atomic E-state index is -4.35. The molecule has 0 aliphatic heterocycles. The van der Waals surface area contributed by atoms with Crippen LogP contribution in [0.2, 0.25) is 0 Å². The zero-order valence-electron chi connectivity index (χ0n) is 12.7. The summed E-state index contributed by atoms with van der Waals surface area (Å²) in [6, 6.07) is 14.8. The average Bonchev–Trinajstić information content (AvgIpc) is 2.83. The Morgan fingerprint density at radius 3 is 2.42 bits per heavy atom. The number of anilines is 1. The van der Waals surface area contributed by atoms with Gasteiger partial charge in [0.1, 0.15) is 0 Å². The van der Waals surface area contributed by atoms with Crippen molar-refractivity contribution in [2.24, 2.45) is 0 Å². The van der Waals surface area contributed by atoms with Gasteiger partial charge in [-0.05, 0) is 0 Å². The van der Waals surface area contributed by atoms with Crippen LogP contribution < -0.4 is 14.7 Å². The maximum absolute atomic E-state index is 12.9. The second-order valence-electron chi connectivity index (χ2n) is 5.17. The zero-order valence-corrected chi connectivity index (χ0v) is 14.4. The Balaban J connectivity index is 1.96. The number of aryl methyl sites for hydroxylation is 1. The molecule has 0 aliphatic rings. The second kappa shape index (κ2) is 6.34. The molecule has 0 bridgehead atoms. The molecule has 1 aromatic heterocycles. The number of rotatable bonds is 3. The van der Waals surface area contributed by atoms with Crippen LogP contribution in [0.4, 0.5) is 19.0 Å². The van der Waals surface area contributed by atoms with Gasteiger partial charge in [0.2, 0.25) is 0 Å². The van der Waals surface area contributed by atoms with E-state index in [2.05, 4.69) is 5.10 Å². The van der Waals surface area contributed by atoms with Gasteiger partial charge in [-0.25, -0.2) is 0 Å². The molecule has 124 valence electrons. The Kier molecular flexibility index (Phi) is 4.39. The third-order valence-electron chi connectivity index (χ3n) is 3.42. The number of nitrogens with two attached hydrogens (primary N) is 1. The van der Waals surface area contributed by atoms with Crippen LogP contribution in [0.15, 0.2) is 54.6 Å². The summed E-state index contributed by atoms with van der Waals surface area (Å²) in [5, 5.41) is 4.43. The Morgan fingerprint density at radius 2 is 1.75 bits per heavy atom. The fourth-order valence-electron chi connectivity index (χ4n) is 2.28. The van der Waals surface area contributed by atoms with Gasteiger partial charge in [0, 0.05) is 0 Å². The predicted octanol–water partition coefficient (Wildman–Crippen LogP) is 2.44. The molecule has 0 radical (unpaired) electrons. The molecule has 0 spiro atoms. The van der Waals surface area contributed by atoms with Crippen molar-refractivity contribution in [3.8, 4) is 5.69 Å². The number of hydrogen-bond acceptors (Lipinski definition) is 2. The summed E-state index contributed by atoms with van der Waals surface area (Å²) >= 11 is -0.359. The van der Waals surface area contributed by atoms with Crippen molar-refractivity contribution >= 4 is 29.7 Å². The van der Waals surface area contributed by atoms with E-state index in [4.69, 9.17) is 5.73 Å². The number of para-hydroxylation sites is 1. The number of halogens is 3. The Hall–Kier alpha value is -2.24. The quantitative estimate of drug-likeness (QED) is 0.692. The molecule has 0 atom stereocenters. The molecule has 0 saturated carbocycles. The number of hydrogen-bond donors (Lipinski definition) is 1. The third-order valence-corrected chi connectivity index (χ3v) is 5.94. The van der Waals surface area contributed by atoms with E-state index in [1.165, 1.54) is 12.1 Å². The van der Waals surface area contributed by atoms with Crippen molar-refractivity contribution in [1.82, 2.24) is 9.78 Å². The zero-order chi connectivity index (χ0) is 17.3. The van der Waals surface area contributed by atoms with E-state index in [1.54, 1.807) is 10.7 Å². The van der Waals surface area contributed by atoms with Crippen molar-refractivity contribution in [2.45, 2.75) is 13.1 Å². The van der Waals surface area contributed by atoms with Crippen LogP contribution in [0.25, 0.3) is 5.69 Å². The van der Waals surface area contributed by atoms with Gasteiger partial charge in [-0.15, -0.1) is 0 Å². The summed E-state index contributed by atoms with van der Waals surface area (Å²) in [5.74, 6) is 0.469. The van der Waals surface area contributed by atoms with E-state index in [-0.39, 0.29) is 15.0 Å². The van der Waals surface area contributed by atoms with E-state index in [0.717, 1.165) is 21.9 Å². The van der Waals surface area contributed by atoms with Crippen LogP contribution in [0.5, 0.6) is 0 Å². The van der Waals surface area contributed by atoms with Crippen molar-refractivity contribution in [3.05, 3.63) is 65.9 Å². The minimum absolute atomic E-state index is 0.359. The molecule has 0 saturated heterocycles. The van der Waals surface area contributed by atoms with Gasteiger partial charge in [0.25, 0.3) is 0 Å². The standard InChI is InChI=1S/C17H14F3N3Se/c1-11-15(16(21)23(22-11)13-7-3-2-4-8-13)24-14-9-5-6-12(10-14)17(18,19)20/h2-10H,21H2,1H3. The van der Waals surface area contributed by atoms with E-state index >= 15 is 0 Å². The second-order valence-corrected chi connectivity index (χ2v) is 7.45. The summed E-state index contributed by atoms with van der Waals surface area (Å²) in [6.45, 7) is 1.82. The van der Waals surface area contributed by atoms with Gasteiger partial charge in [0.05, 0.1) is 0 Å². The number of aromatic nitrogens is 2. The van der Waals surface area contributed by atoms with Crippen LogP contribution in [0, 0.1) is 6.92 Å². The van der Waals surface area contributed by atoms with E-state index in [1.807, 2.05) is 37.3 Å². The summed E-state index contributed by atoms with van der Waals surface area (Å²) < 4.78 is 41.6. The van der Waals surface area contributed by atoms with Gasteiger partial charge in [-0.3, -0.25) is 0 Å². The molecule has 2 N–H and O–H groups in total. The van der Waals surface area contributed by atoms with Crippen LogP contribution in [-0.4, -0.2) is 24.7 Å². The van der Waals surface area contributed by atoms with Gasteiger partial charge >= 0.3 is 143 Å². The van der Waals surface area contributed by atoms with Crippen LogP contribution in [0.1, 0.15) is 11.3 Å². The SMILES string of the molecule is Cc1nn(-c2ccccc2)c(N)c1[Se]c1cccc(C(F)(F)F)c1. The first kappa shape index (κ1) is 16.6. The normalized spacial score (nSPS) is 11.7. The number of alkyl halides is 3. The summed E-state index contributed by atoms with van der Waals surface area (Å²) in [7, 11) is 0. The van der Waals surface area contributed by atoms with Gasteiger partial charge in [-0.2, -0.15) is 0 Å². The fourth-order valence-corrected chi connectivity index (χ4v) is 4.27. The molecular weight excluding hydrogens is 382 g/mol. The number of nitrogens with zero attached hydrogens (tertiary/aromatic N) is 2. The first-order chi connectivity index (χ1) is 11.4. The molecule has 3 nitrogen and oxygen atoms in total. The molecule has 2 aromatic carbocycles. The van der Waals surface area contributed by atoms with Crippen LogP contribution >= 0.6 is 0 Å². The van der Waals surface area contributed by atoms with Gasteiger partial charge < -0.3 is 0 Å². The molecule has 7 heteroatoms. The first-order valence-electron chi connectivity index (χ1n) is 7.12. The average molecular weight is 396 g/mol. The van der Waals surface area contributed by atoms with Gasteiger partial charge in [0.15, 0.2) is 0 Å². The molecule has 3 aromatic rings. The molecule has 0 amide bonds. The summed E-state index contributed by atoms with van der Waals surface area (Å²) in [6.07, 6.45) is -4.35. The number of nitrogen functional groups attached to an aromatic ring is 1. The molecular formula is C17H14F3N3Se. The number of benzene rings is 2. The molecule has 0 fully saturated rings. The topological polar surface area (TPSA) is 43.8 Å². The summed E-state index contributed by atoms with van der Waals surface area (Å²) in [4.78, 5) is 0. The van der Waals surface area contributed by atoms with Crippen molar-refractivity contribution in [3.63, 3.8) is 0 Å². The van der Waals surface area contributed by atoms with Crippen molar-refractivity contribution in [2.75, 3.05) is 5.73 Å². The predicted molar refractivity (Wildman–Crippen MR) is 89.2 cm³/mol. The van der Waals surface area contributed by atoms with Crippen molar-refractivity contribution < 1.29 is 13.2 Å². The maximum atomic E-state index is 12.9. The summed E-state index contributed by atoms with van der Waals surface area (Å²) in [5.41, 5.74) is 7.11. The Labute approximate surface area is 143 Å². The third kappa shape index (κ3) is 3.32. The Bertz CT molecular complexity index is 857. The molecule has 24 heavy (non-hydrogen) atoms. The monoisotopic (exact) mass is 397 g/mol. The molecule has 0 unspecified atom stereocenters. The molecule has 1 heterocycles. The Morgan fingerprint density at radius 1 is 1.04 bits per heavy atom.